The van der Waals surface area contributed by atoms with Crippen LogP contribution in [0.1, 0.15) is 36.9 Å². The predicted octanol–water partition coefficient (Wildman–Crippen LogP) is 6.26. The van der Waals surface area contributed by atoms with Gasteiger partial charge < -0.3 is 10.6 Å². The molecule has 0 radical (unpaired) electrons. The number of hydrogen-bond acceptors (Lipinski definition) is 4. The van der Waals surface area contributed by atoms with Crippen molar-refractivity contribution in [1.29, 1.82) is 5.26 Å². The van der Waals surface area contributed by atoms with E-state index in [0.717, 1.165) is 16.7 Å². The normalized spacial score (nSPS) is 11.5. The van der Waals surface area contributed by atoms with E-state index in [2.05, 4.69) is 15.6 Å². The van der Waals surface area contributed by atoms with Crippen LogP contribution >= 0.6 is 11.6 Å². The molecule has 2 N–H and O–H groups in total. The Kier molecular flexibility index (Phi) is 7.22. The highest BCUT2D eigenvalue weighted by Gasteiger charge is 2.15. The molecule has 0 fully saturated rings. The first-order valence-corrected chi connectivity index (χ1v) is 10.2. The minimum absolute atomic E-state index is 0.0992. The number of hydrogen-bond donors (Lipinski definition) is 2. The Balaban J connectivity index is 1.78. The van der Waals surface area contributed by atoms with E-state index in [4.69, 9.17) is 16.9 Å². The second-order valence-corrected chi connectivity index (χ2v) is 7.53. The van der Waals surface area contributed by atoms with Crippen LogP contribution in [0.15, 0.2) is 54.7 Å². The molecule has 3 aromatic rings. The van der Waals surface area contributed by atoms with Crippen molar-refractivity contribution in [3.63, 3.8) is 0 Å². The minimum atomic E-state index is -0.451. The quantitative estimate of drug-likeness (QED) is 0.457. The molecule has 1 unspecified atom stereocenters. The second kappa shape index (κ2) is 10.1. The van der Waals surface area contributed by atoms with Gasteiger partial charge in [0.25, 0.3) is 0 Å². The van der Waals surface area contributed by atoms with Crippen molar-refractivity contribution in [3.8, 4) is 17.2 Å². The number of carbonyl (C=O) groups excluding carboxylic acids is 1. The molecule has 1 amide bonds. The molecule has 0 bridgehead atoms. The standard InChI is InChI=1S/C24H22ClFN4O/c1-15-12-14-28-24(23(15)30-21(31)7-4-13-27)29-16(2)17-8-10-18(11-9-17)19-5-3-6-20(26)22(19)25/h3,5-6,8-12,14,16H,4,7H2,1-2H3,(H,28,29)(H,30,31). The van der Waals surface area contributed by atoms with Gasteiger partial charge in [-0.2, -0.15) is 5.26 Å². The maximum absolute atomic E-state index is 13.7. The van der Waals surface area contributed by atoms with Crippen molar-refractivity contribution in [2.75, 3.05) is 10.6 Å². The van der Waals surface area contributed by atoms with E-state index in [1.807, 2.05) is 50.2 Å². The van der Waals surface area contributed by atoms with Crippen LogP contribution in [0.2, 0.25) is 5.02 Å². The molecule has 0 spiro atoms. The van der Waals surface area contributed by atoms with E-state index < -0.39 is 5.82 Å². The summed E-state index contributed by atoms with van der Waals surface area (Å²) in [6.45, 7) is 3.87. The number of aryl methyl sites for hydroxylation is 1. The molecular formula is C24H22ClFN4O. The predicted molar refractivity (Wildman–Crippen MR) is 121 cm³/mol. The Hall–Kier alpha value is -3.43. The lowest BCUT2D eigenvalue weighted by atomic mass is 10.0. The van der Waals surface area contributed by atoms with Crippen molar-refractivity contribution < 1.29 is 9.18 Å². The van der Waals surface area contributed by atoms with Crippen LogP contribution in [-0.4, -0.2) is 10.9 Å². The third-order valence-electron chi connectivity index (χ3n) is 4.91. The molecule has 31 heavy (non-hydrogen) atoms. The van der Waals surface area contributed by atoms with Crippen molar-refractivity contribution in [2.24, 2.45) is 0 Å². The molecule has 0 aliphatic carbocycles. The SMILES string of the molecule is Cc1ccnc(NC(C)c2ccc(-c3cccc(F)c3Cl)cc2)c1NC(=O)CCC#N. The van der Waals surface area contributed by atoms with Gasteiger partial charge in [-0.25, -0.2) is 9.37 Å². The highest BCUT2D eigenvalue weighted by Crippen LogP contribution is 2.32. The van der Waals surface area contributed by atoms with E-state index in [1.54, 1.807) is 18.3 Å². The summed E-state index contributed by atoms with van der Waals surface area (Å²) in [4.78, 5) is 16.5. The Bertz CT molecular complexity index is 1130. The van der Waals surface area contributed by atoms with Crippen LogP contribution < -0.4 is 10.6 Å². The Labute approximate surface area is 185 Å². The van der Waals surface area contributed by atoms with Crippen LogP contribution in [0.25, 0.3) is 11.1 Å². The first-order valence-electron chi connectivity index (χ1n) is 9.84. The third kappa shape index (κ3) is 5.39. The molecule has 158 valence electrons. The lowest BCUT2D eigenvalue weighted by molar-refractivity contribution is -0.116. The highest BCUT2D eigenvalue weighted by atomic mass is 35.5. The summed E-state index contributed by atoms with van der Waals surface area (Å²) in [7, 11) is 0. The van der Waals surface area contributed by atoms with E-state index in [0.29, 0.717) is 17.1 Å². The average Bonchev–Trinajstić information content (AvgIpc) is 2.76. The molecule has 1 aromatic heterocycles. The molecule has 1 atom stereocenters. The van der Waals surface area contributed by atoms with Crippen molar-refractivity contribution in [2.45, 2.75) is 32.7 Å². The molecule has 0 aliphatic rings. The fourth-order valence-corrected chi connectivity index (χ4v) is 3.40. The largest absolute Gasteiger partial charge is 0.362 e. The zero-order valence-corrected chi connectivity index (χ0v) is 18.0. The van der Waals surface area contributed by atoms with Crippen LogP contribution in [-0.2, 0) is 4.79 Å². The molecule has 0 saturated heterocycles. The molecule has 2 aromatic carbocycles. The number of amides is 1. The van der Waals surface area contributed by atoms with Gasteiger partial charge in [0.2, 0.25) is 5.91 Å². The topological polar surface area (TPSA) is 77.8 Å². The summed E-state index contributed by atoms with van der Waals surface area (Å²) in [5.74, 6) is -0.132. The van der Waals surface area contributed by atoms with E-state index in [-0.39, 0.29) is 29.8 Å². The number of pyridine rings is 1. The average molecular weight is 437 g/mol. The number of benzene rings is 2. The summed E-state index contributed by atoms with van der Waals surface area (Å²) in [6.07, 6.45) is 1.96. The van der Waals surface area contributed by atoms with Gasteiger partial charge in [0, 0.05) is 24.6 Å². The van der Waals surface area contributed by atoms with Gasteiger partial charge in [0.1, 0.15) is 5.82 Å². The zero-order valence-electron chi connectivity index (χ0n) is 17.2. The van der Waals surface area contributed by atoms with Gasteiger partial charge >= 0.3 is 0 Å². The van der Waals surface area contributed by atoms with Crippen LogP contribution in [0, 0.1) is 24.1 Å². The molecule has 7 heteroatoms. The van der Waals surface area contributed by atoms with Crippen molar-refractivity contribution in [1.82, 2.24) is 4.98 Å². The number of halogens is 2. The molecule has 0 aliphatic heterocycles. The lowest BCUT2D eigenvalue weighted by Gasteiger charge is -2.19. The summed E-state index contributed by atoms with van der Waals surface area (Å²) in [6, 6.07) is 16.1. The Morgan fingerprint density at radius 1 is 1.23 bits per heavy atom. The van der Waals surface area contributed by atoms with Crippen molar-refractivity contribution >= 4 is 29.0 Å². The summed E-state index contributed by atoms with van der Waals surface area (Å²) >= 11 is 6.09. The fourth-order valence-electron chi connectivity index (χ4n) is 3.16. The van der Waals surface area contributed by atoms with E-state index in [1.165, 1.54) is 6.07 Å². The van der Waals surface area contributed by atoms with Gasteiger partial charge in [-0.3, -0.25) is 4.79 Å². The number of nitrogens with zero attached hydrogens (tertiary/aromatic N) is 2. The van der Waals surface area contributed by atoms with Gasteiger partial charge in [0.05, 0.1) is 22.8 Å². The van der Waals surface area contributed by atoms with Crippen molar-refractivity contribution in [3.05, 3.63) is 76.7 Å². The van der Waals surface area contributed by atoms with E-state index >= 15 is 0 Å². The fraction of sp³-hybridized carbons (Fsp3) is 0.208. The molecule has 0 saturated carbocycles. The van der Waals surface area contributed by atoms with Gasteiger partial charge in [0.15, 0.2) is 5.82 Å². The third-order valence-corrected chi connectivity index (χ3v) is 5.30. The smallest absolute Gasteiger partial charge is 0.225 e. The first kappa shape index (κ1) is 22.3. The highest BCUT2D eigenvalue weighted by molar-refractivity contribution is 6.33. The number of aromatic nitrogens is 1. The zero-order chi connectivity index (χ0) is 22.4. The van der Waals surface area contributed by atoms with Crippen LogP contribution in [0.3, 0.4) is 0 Å². The number of nitriles is 1. The molecule has 5 nitrogen and oxygen atoms in total. The Morgan fingerprint density at radius 2 is 1.97 bits per heavy atom. The first-order chi connectivity index (χ1) is 14.9. The monoisotopic (exact) mass is 436 g/mol. The number of rotatable bonds is 7. The maximum Gasteiger partial charge on any atom is 0.225 e. The molecule has 3 rings (SSSR count). The Morgan fingerprint density at radius 3 is 2.68 bits per heavy atom. The van der Waals surface area contributed by atoms with Crippen LogP contribution in [0.5, 0.6) is 0 Å². The van der Waals surface area contributed by atoms with Crippen LogP contribution in [0.4, 0.5) is 15.9 Å². The van der Waals surface area contributed by atoms with Gasteiger partial charge in [-0.05, 0) is 42.7 Å². The van der Waals surface area contributed by atoms with Gasteiger partial charge in [-0.1, -0.05) is 48.0 Å². The second-order valence-electron chi connectivity index (χ2n) is 7.15. The number of nitrogens with one attached hydrogen (secondary N) is 2. The minimum Gasteiger partial charge on any atom is -0.362 e. The lowest BCUT2D eigenvalue weighted by Crippen LogP contribution is -2.16. The number of carbonyl (C=O) groups is 1. The van der Waals surface area contributed by atoms with E-state index in [9.17, 15) is 9.18 Å². The summed E-state index contributed by atoms with van der Waals surface area (Å²) < 4.78 is 13.7. The number of anilines is 2. The maximum atomic E-state index is 13.7. The van der Waals surface area contributed by atoms with Gasteiger partial charge in [-0.15, -0.1) is 0 Å². The summed E-state index contributed by atoms with van der Waals surface area (Å²) in [5.41, 5.74) is 3.91. The molecule has 1 heterocycles. The summed E-state index contributed by atoms with van der Waals surface area (Å²) in [5, 5.41) is 15.0. The molecular weight excluding hydrogens is 415 g/mol.